The van der Waals surface area contributed by atoms with Crippen LogP contribution < -0.4 is 5.32 Å². The van der Waals surface area contributed by atoms with Crippen LogP contribution in [0.1, 0.15) is 11.1 Å². The van der Waals surface area contributed by atoms with Gasteiger partial charge in [0.25, 0.3) is 0 Å². The Bertz CT molecular complexity index is 772. The Morgan fingerprint density at radius 2 is 1.70 bits per heavy atom. The molecule has 0 amide bonds. The molecule has 3 aromatic rings. The van der Waals surface area contributed by atoms with E-state index in [2.05, 4.69) is 21.4 Å². The van der Waals surface area contributed by atoms with Crippen LogP contribution in [0.25, 0.3) is 11.0 Å². The summed E-state index contributed by atoms with van der Waals surface area (Å²) in [4.78, 5) is 8.52. The molecule has 4 nitrogen and oxygen atoms in total. The maximum Gasteiger partial charge on any atom is 0.0991 e. The van der Waals surface area contributed by atoms with Crippen molar-refractivity contribution in [3.63, 3.8) is 0 Å². The zero-order valence-electron chi connectivity index (χ0n) is 10.7. The molecule has 0 aliphatic heterocycles. The molecular formula is C16H12N4. The van der Waals surface area contributed by atoms with Crippen LogP contribution in [0, 0.1) is 11.3 Å². The van der Waals surface area contributed by atoms with Crippen molar-refractivity contribution in [2.75, 3.05) is 5.32 Å². The van der Waals surface area contributed by atoms with Gasteiger partial charge in [0.15, 0.2) is 0 Å². The number of fused-ring (bicyclic) bond motifs is 1. The van der Waals surface area contributed by atoms with E-state index in [1.54, 1.807) is 12.4 Å². The van der Waals surface area contributed by atoms with Crippen molar-refractivity contribution in [3.8, 4) is 6.07 Å². The van der Waals surface area contributed by atoms with Crippen molar-refractivity contribution in [2.24, 2.45) is 0 Å². The fraction of sp³-hybridized carbons (Fsp3) is 0.0625. The average Bonchev–Trinajstić information content (AvgIpc) is 2.53. The van der Waals surface area contributed by atoms with Gasteiger partial charge in [0.2, 0.25) is 0 Å². The van der Waals surface area contributed by atoms with Crippen molar-refractivity contribution >= 4 is 16.7 Å². The fourth-order valence-corrected chi connectivity index (χ4v) is 1.97. The number of aromatic nitrogens is 2. The van der Waals surface area contributed by atoms with E-state index in [0.717, 1.165) is 22.3 Å². The third-order valence-corrected chi connectivity index (χ3v) is 3.05. The monoisotopic (exact) mass is 260 g/mol. The van der Waals surface area contributed by atoms with Gasteiger partial charge in [0.1, 0.15) is 0 Å². The third kappa shape index (κ3) is 2.57. The summed E-state index contributed by atoms with van der Waals surface area (Å²) >= 11 is 0. The Labute approximate surface area is 116 Å². The van der Waals surface area contributed by atoms with E-state index in [4.69, 9.17) is 5.26 Å². The number of benzene rings is 2. The first kappa shape index (κ1) is 12.1. The molecular weight excluding hydrogens is 248 g/mol. The van der Waals surface area contributed by atoms with Crippen LogP contribution in [0.3, 0.4) is 0 Å². The standard InChI is InChI=1S/C16H12N4/c17-10-12-1-3-13(4-2-12)11-20-14-5-6-15-16(9-14)19-8-7-18-15/h1-9,20H,11H2. The van der Waals surface area contributed by atoms with Gasteiger partial charge in [-0.3, -0.25) is 9.97 Å². The normalized spacial score (nSPS) is 10.2. The summed E-state index contributed by atoms with van der Waals surface area (Å²) < 4.78 is 0. The number of nitrogens with one attached hydrogen (secondary N) is 1. The summed E-state index contributed by atoms with van der Waals surface area (Å²) in [5, 5.41) is 12.1. The van der Waals surface area contributed by atoms with E-state index in [-0.39, 0.29) is 0 Å². The van der Waals surface area contributed by atoms with Crippen LogP contribution in [0.5, 0.6) is 0 Å². The minimum absolute atomic E-state index is 0.676. The molecule has 20 heavy (non-hydrogen) atoms. The predicted octanol–water partition coefficient (Wildman–Crippen LogP) is 3.11. The minimum Gasteiger partial charge on any atom is -0.381 e. The Balaban J connectivity index is 1.74. The van der Waals surface area contributed by atoms with Gasteiger partial charge in [-0.1, -0.05) is 12.1 Å². The highest BCUT2D eigenvalue weighted by atomic mass is 14.9. The predicted molar refractivity (Wildman–Crippen MR) is 78.0 cm³/mol. The van der Waals surface area contributed by atoms with E-state index >= 15 is 0 Å². The lowest BCUT2D eigenvalue weighted by molar-refractivity contribution is 1.15. The lowest BCUT2D eigenvalue weighted by atomic mass is 10.1. The molecule has 0 saturated carbocycles. The summed E-state index contributed by atoms with van der Waals surface area (Å²) in [6.45, 7) is 0.706. The van der Waals surface area contributed by atoms with Crippen molar-refractivity contribution in [1.82, 2.24) is 9.97 Å². The zero-order valence-corrected chi connectivity index (χ0v) is 10.7. The molecule has 0 aliphatic rings. The van der Waals surface area contributed by atoms with Gasteiger partial charge in [-0.2, -0.15) is 5.26 Å². The largest absolute Gasteiger partial charge is 0.381 e. The Morgan fingerprint density at radius 1 is 0.950 bits per heavy atom. The molecule has 0 spiro atoms. The quantitative estimate of drug-likeness (QED) is 0.786. The first-order chi connectivity index (χ1) is 9.85. The maximum atomic E-state index is 8.76. The SMILES string of the molecule is N#Cc1ccc(CNc2ccc3nccnc3c2)cc1. The average molecular weight is 260 g/mol. The third-order valence-electron chi connectivity index (χ3n) is 3.05. The van der Waals surface area contributed by atoms with Gasteiger partial charge in [-0.15, -0.1) is 0 Å². The highest BCUT2D eigenvalue weighted by Gasteiger charge is 1.98. The number of nitriles is 1. The molecule has 0 unspecified atom stereocenters. The topological polar surface area (TPSA) is 61.6 Å². The summed E-state index contributed by atoms with van der Waals surface area (Å²) in [5.41, 5.74) is 4.56. The lowest BCUT2D eigenvalue weighted by Crippen LogP contribution is -1.99. The lowest BCUT2D eigenvalue weighted by Gasteiger charge is -2.07. The smallest absolute Gasteiger partial charge is 0.0991 e. The molecule has 4 heteroatoms. The van der Waals surface area contributed by atoms with Crippen LogP contribution >= 0.6 is 0 Å². The van der Waals surface area contributed by atoms with Crippen molar-refractivity contribution in [2.45, 2.75) is 6.54 Å². The van der Waals surface area contributed by atoms with Crippen molar-refractivity contribution < 1.29 is 0 Å². The first-order valence-electron chi connectivity index (χ1n) is 6.29. The molecule has 0 radical (unpaired) electrons. The molecule has 3 rings (SSSR count). The summed E-state index contributed by atoms with van der Waals surface area (Å²) in [6.07, 6.45) is 3.37. The van der Waals surface area contributed by atoms with Crippen LogP contribution in [-0.4, -0.2) is 9.97 Å². The molecule has 0 aliphatic carbocycles. The van der Waals surface area contributed by atoms with E-state index in [1.165, 1.54) is 0 Å². The van der Waals surface area contributed by atoms with Crippen molar-refractivity contribution in [1.29, 1.82) is 5.26 Å². The molecule has 1 aromatic heterocycles. The molecule has 0 saturated heterocycles. The summed E-state index contributed by atoms with van der Waals surface area (Å²) in [6, 6.07) is 15.6. The number of hydrogen-bond acceptors (Lipinski definition) is 4. The van der Waals surface area contributed by atoms with E-state index in [1.807, 2.05) is 42.5 Å². The van der Waals surface area contributed by atoms with Gasteiger partial charge in [0.05, 0.1) is 22.7 Å². The second-order valence-electron chi connectivity index (χ2n) is 4.42. The fourth-order valence-electron chi connectivity index (χ4n) is 1.97. The van der Waals surface area contributed by atoms with Crippen LogP contribution in [0.15, 0.2) is 54.9 Å². The second-order valence-corrected chi connectivity index (χ2v) is 4.42. The van der Waals surface area contributed by atoms with Gasteiger partial charge >= 0.3 is 0 Å². The Hall–Kier alpha value is -2.93. The van der Waals surface area contributed by atoms with Gasteiger partial charge in [-0.25, -0.2) is 0 Å². The number of anilines is 1. The number of nitrogens with zero attached hydrogens (tertiary/aromatic N) is 3. The first-order valence-corrected chi connectivity index (χ1v) is 6.29. The summed E-state index contributed by atoms with van der Waals surface area (Å²) in [5.74, 6) is 0. The molecule has 1 heterocycles. The van der Waals surface area contributed by atoms with Crippen LogP contribution in [0.4, 0.5) is 5.69 Å². The molecule has 0 atom stereocenters. The van der Waals surface area contributed by atoms with E-state index < -0.39 is 0 Å². The van der Waals surface area contributed by atoms with Gasteiger partial charge in [-0.05, 0) is 35.9 Å². The molecule has 96 valence electrons. The Morgan fingerprint density at radius 3 is 2.45 bits per heavy atom. The highest BCUT2D eigenvalue weighted by molar-refractivity contribution is 5.78. The van der Waals surface area contributed by atoms with E-state index in [9.17, 15) is 0 Å². The molecule has 1 N–H and O–H groups in total. The van der Waals surface area contributed by atoms with Crippen LogP contribution in [0.2, 0.25) is 0 Å². The zero-order chi connectivity index (χ0) is 13.8. The molecule has 2 aromatic carbocycles. The highest BCUT2D eigenvalue weighted by Crippen LogP contribution is 2.16. The number of hydrogen-bond donors (Lipinski definition) is 1. The van der Waals surface area contributed by atoms with Gasteiger partial charge in [0, 0.05) is 24.6 Å². The second kappa shape index (κ2) is 5.37. The van der Waals surface area contributed by atoms with Crippen molar-refractivity contribution in [3.05, 3.63) is 66.0 Å². The molecule has 0 bridgehead atoms. The number of rotatable bonds is 3. The van der Waals surface area contributed by atoms with E-state index in [0.29, 0.717) is 12.1 Å². The van der Waals surface area contributed by atoms with Crippen LogP contribution in [-0.2, 0) is 6.54 Å². The maximum absolute atomic E-state index is 8.76. The molecule has 0 fully saturated rings. The minimum atomic E-state index is 0.676. The Kier molecular flexibility index (Phi) is 3.25. The van der Waals surface area contributed by atoms with Gasteiger partial charge < -0.3 is 5.32 Å². The summed E-state index contributed by atoms with van der Waals surface area (Å²) in [7, 11) is 0.